The van der Waals surface area contributed by atoms with Crippen LogP contribution in [0.1, 0.15) is 13.3 Å². The zero-order chi connectivity index (χ0) is 6.85. The minimum absolute atomic E-state index is 0.0220. The lowest BCUT2D eigenvalue weighted by molar-refractivity contribution is 0.0945. The topological polar surface area (TPSA) is 38.3 Å². The number of cyclic esters (lactones) is 1. The summed E-state index contributed by atoms with van der Waals surface area (Å²) in [6.45, 7) is 5.44. The van der Waals surface area contributed by atoms with Gasteiger partial charge in [0, 0.05) is 12.1 Å². The molecule has 1 saturated heterocycles. The van der Waals surface area contributed by atoms with Crippen molar-refractivity contribution in [3.05, 3.63) is 12.3 Å². The van der Waals surface area contributed by atoms with Crippen LogP contribution >= 0.6 is 0 Å². The SMILES string of the molecule is C=C1CC(C)OC(=O)N1. The molecule has 1 aliphatic heterocycles. The third-order valence-electron chi connectivity index (χ3n) is 1.12. The van der Waals surface area contributed by atoms with E-state index in [0.29, 0.717) is 6.42 Å². The van der Waals surface area contributed by atoms with Crippen LogP contribution in [0.4, 0.5) is 4.79 Å². The predicted octanol–water partition coefficient (Wildman–Crippen LogP) is 1.02. The normalized spacial score (nSPS) is 27.0. The summed E-state index contributed by atoms with van der Waals surface area (Å²) in [4.78, 5) is 10.5. The molecule has 3 heteroatoms. The lowest BCUT2D eigenvalue weighted by atomic mass is 10.2. The highest BCUT2D eigenvalue weighted by Gasteiger charge is 2.17. The first kappa shape index (κ1) is 6.13. The summed E-state index contributed by atoms with van der Waals surface area (Å²) >= 11 is 0. The predicted molar refractivity (Wildman–Crippen MR) is 32.8 cm³/mol. The van der Waals surface area contributed by atoms with Crippen LogP contribution in [0.25, 0.3) is 0 Å². The van der Waals surface area contributed by atoms with Crippen molar-refractivity contribution >= 4 is 6.09 Å². The Hall–Kier alpha value is -0.990. The summed E-state index contributed by atoms with van der Waals surface area (Å²) in [5.74, 6) is 0. The second-order valence-electron chi connectivity index (χ2n) is 2.15. The summed E-state index contributed by atoms with van der Waals surface area (Å²) in [7, 11) is 0. The van der Waals surface area contributed by atoms with E-state index in [0.717, 1.165) is 5.70 Å². The number of amides is 1. The van der Waals surface area contributed by atoms with E-state index in [-0.39, 0.29) is 6.10 Å². The van der Waals surface area contributed by atoms with Crippen LogP contribution in [0.3, 0.4) is 0 Å². The molecule has 0 radical (unpaired) electrons. The second kappa shape index (κ2) is 2.09. The summed E-state index contributed by atoms with van der Waals surface area (Å²) < 4.78 is 4.75. The summed E-state index contributed by atoms with van der Waals surface area (Å²) in [5, 5.41) is 2.45. The Bertz CT molecular complexity index is 137. The molecule has 1 N–H and O–H groups in total. The maximum atomic E-state index is 10.5. The van der Waals surface area contributed by atoms with Gasteiger partial charge in [0.05, 0.1) is 0 Å². The van der Waals surface area contributed by atoms with Crippen LogP contribution in [0.5, 0.6) is 0 Å². The molecule has 1 unspecified atom stereocenters. The van der Waals surface area contributed by atoms with Crippen LogP contribution in [0.2, 0.25) is 0 Å². The van der Waals surface area contributed by atoms with E-state index in [2.05, 4.69) is 11.9 Å². The first-order valence-corrected chi connectivity index (χ1v) is 2.84. The summed E-state index contributed by atoms with van der Waals surface area (Å²) in [5.41, 5.74) is 0.735. The highest BCUT2D eigenvalue weighted by atomic mass is 16.6. The van der Waals surface area contributed by atoms with E-state index in [1.54, 1.807) is 0 Å². The highest BCUT2D eigenvalue weighted by molar-refractivity contribution is 5.70. The number of alkyl carbamates (subject to hydrolysis) is 1. The molecule has 1 heterocycles. The quantitative estimate of drug-likeness (QED) is 0.527. The fourth-order valence-corrected chi connectivity index (χ4v) is 0.796. The molecule has 0 bridgehead atoms. The maximum Gasteiger partial charge on any atom is 0.411 e. The third kappa shape index (κ3) is 1.45. The maximum absolute atomic E-state index is 10.5. The van der Waals surface area contributed by atoms with Crippen molar-refractivity contribution in [1.82, 2.24) is 5.32 Å². The van der Waals surface area contributed by atoms with Crippen molar-refractivity contribution in [2.75, 3.05) is 0 Å². The van der Waals surface area contributed by atoms with Gasteiger partial charge in [0.2, 0.25) is 0 Å². The molecule has 0 saturated carbocycles. The fourth-order valence-electron chi connectivity index (χ4n) is 0.796. The number of nitrogens with one attached hydrogen (secondary N) is 1. The van der Waals surface area contributed by atoms with Gasteiger partial charge < -0.3 is 4.74 Å². The standard InChI is InChI=1S/C6H9NO2/c1-4-3-5(2)9-6(8)7-4/h5H,1,3H2,2H3,(H,7,8). The van der Waals surface area contributed by atoms with Gasteiger partial charge in [-0.2, -0.15) is 0 Å². The molecule has 1 fully saturated rings. The number of hydrogen-bond donors (Lipinski definition) is 1. The average Bonchev–Trinajstić information content (AvgIpc) is 1.59. The number of ether oxygens (including phenoxy) is 1. The van der Waals surface area contributed by atoms with Crippen molar-refractivity contribution in [2.24, 2.45) is 0 Å². The molecule has 3 nitrogen and oxygen atoms in total. The Balaban J connectivity index is 2.53. The van der Waals surface area contributed by atoms with Crippen LogP contribution in [0.15, 0.2) is 12.3 Å². The van der Waals surface area contributed by atoms with Gasteiger partial charge in [0.25, 0.3) is 0 Å². The summed E-state index contributed by atoms with van der Waals surface area (Å²) in [6.07, 6.45) is 0.302. The number of carbonyl (C=O) groups is 1. The Kier molecular flexibility index (Phi) is 1.42. The van der Waals surface area contributed by atoms with Crippen molar-refractivity contribution in [3.8, 4) is 0 Å². The molecule has 50 valence electrons. The van der Waals surface area contributed by atoms with Crippen molar-refractivity contribution in [1.29, 1.82) is 0 Å². The van der Waals surface area contributed by atoms with Crippen LogP contribution in [-0.2, 0) is 4.74 Å². The largest absolute Gasteiger partial charge is 0.446 e. The zero-order valence-electron chi connectivity index (χ0n) is 5.31. The van der Waals surface area contributed by atoms with Gasteiger partial charge in [-0.25, -0.2) is 4.79 Å². The lowest BCUT2D eigenvalue weighted by Gasteiger charge is -2.20. The highest BCUT2D eigenvalue weighted by Crippen LogP contribution is 2.09. The van der Waals surface area contributed by atoms with Gasteiger partial charge in [-0.3, -0.25) is 5.32 Å². The summed E-state index contributed by atoms with van der Waals surface area (Å²) in [6, 6.07) is 0. The van der Waals surface area contributed by atoms with E-state index in [1.165, 1.54) is 0 Å². The second-order valence-corrected chi connectivity index (χ2v) is 2.15. The number of carbonyl (C=O) groups excluding carboxylic acids is 1. The molecule has 0 aromatic carbocycles. The monoisotopic (exact) mass is 127 g/mol. The van der Waals surface area contributed by atoms with Crippen molar-refractivity contribution < 1.29 is 9.53 Å². The number of hydrogen-bond acceptors (Lipinski definition) is 2. The molecular formula is C6H9NO2. The van der Waals surface area contributed by atoms with Gasteiger partial charge in [0.15, 0.2) is 0 Å². The molecule has 0 aromatic rings. The third-order valence-corrected chi connectivity index (χ3v) is 1.12. The van der Waals surface area contributed by atoms with E-state index in [4.69, 9.17) is 4.74 Å². The molecule has 0 aliphatic carbocycles. The lowest BCUT2D eigenvalue weighted by Crippen LogP contribution is -2.34. The van der Waals surface area contributed by atoms with Gasteiger partial charge >= 0.3 is 6.09 Å². The first-order valence-electron chi connectivity index (χ1n) is 2.84. The van der Waals surface area contributed by atoms with Gasteiger partial charge in [0.1, 0.15) is 6.10 Å². The van der Waals surface area contributed by atoms with Gasteiger partial charge in [-0.05, 0) is 6.92 Å². The molecule has 0 spiro atoms. The van der Waals surface area contributed by atoms with E-state index in [9.17, 15) is 4.79 Å². The average molecular weight is 127 g/mol. The molecular weight excluding hydrogens is 118 g/mol. The minimum Gasteiger partial charge on any atom is -0.446 e. The van der Waals surface area contributed by atoms with Crippen LogP contribution in [-0.4, -0.2) is 12.2 Å². The Labute approximate surface area is 53.7 Å². The molecule has 9 heavy (non-hydrogen) atoms. The van der Waals surface area contributed by atoms with Crippen molar-refractivity contribution in [2.45, 2.75) is 19.4 Å². The first-order chi connectivity index (χ1) is 4.18. The Morgan fingerprint density at radius 2 is 2.56 bits per heavy atom. The van der Waals surface area contributed by atoms with Crippen LogP contribution in [0, 0.1) is 0 Å². The van der Waals surface area contributed by atoms with E-state index in [1.807, 2.05) is 6.92 Å². The van der Waals surface area contributed by atoms with E-state index < -0.39 is 6.09 Å². The van der Waals surface area contributed by atoms with Gasteiger partial charge in [-0.1, -0.05) is 6.58 Å². The van der Waals surface area contributed by atoms with Crippen LogP contribution < -0.4 is 5.32 Å². The van der Waals surface area contributed by atoms with E-state index >= 15 is 0 Å². The minimum atomic E-state index is -0.390. The molecule has 1 aliphatic rings. The van der Waals surface area contributed by atoms with Crippen molar-refractivity contribution in [3.63, 3.8) is 0 Å². The number of rotatable bonds is 0. The van der Waals surface area contributed by atoms with Gasteiger partial charge in [-0.15, -0.1) is 0 Å². The molecule has 1 rings (SSSR count). The Morgan fingerprint density at radius 1 is 1.89 bits per heavy atom. The molecule has 0 aromatic heterocycles. The Morgan fingerprint density at radius 3 is 3.00 bits per heavy atom. The molecule has 1 amide bonds. The fraction of sp³-hybridized carbons (Fsp3) is 0.500. The smallest absolute Gasteiger partial charge is 0.411 e. The zero-order valence-corrected chi connectivity index (χ0v) is 5.31. The molecule has 1 atom stereocenters.